The number of carbonyl (C=O) groups is 1. The summed E-state index contributed by atoms with van der Waals surface area (Å²) >= 11 is 0. The molecule has 0 aliphatic carbocycles. The molecule has 2 atom stereocenters. The second-order valence-electron chi connectivity index (χ2n) is 4.63. The van der Waals surface area contributed by atoms with Gasteiger partial charge in [-0.3, -0.25) is 4.79 Å². The molecule has 0 saturated carbocycles. The number of hydrogen-bond donors (Lipinski definition) is 2. The van der Waals surface area contributed by atoms with E-state index in [2.05, 4.69) is 17.6 Å². The van der Waals surface area contributed by atoms with Crippen molar-refractivity contribution in [2.75, 3.05) is 38.3 Å². The first kappa shape index (κ1) is 15.4. The number of carbonyl (C=O) groups excluding carboxylic acids is 1. The molecule has 1 heterocycles. The minimum Gasteiger partial charge on any atom is -0.379 e. The fraction of sp³-hybridized carbons (Fsp3) is 0.909. The van der Waals surface area contributed by atoms with Crippen molar-refractivity contribution in [3.63, 3.8) is 0 Å². The van der Waals surface area contributed by atoms with Crippen LogP contribution in [0.15, 0.2) is 0 Å². The molecule has 0 aromatic carbocycles. The van der Waals surface area contributed by atoms with Crippen molar-refractivity contribution in [1.82, 2.24) is 10.6 Å². The highest BCUT2D eigenvalue weighted by Crippen LogP contribution is 2.13. The zero-order valence-corrected chi connectivity index (χ0v) is 11.8. The highest BCUT2D eigenvalue weighted by atomic mass is 32.2. The normalized spacial score (nSPS) is 24.1. The summed E-state index contributed by atoms with van der Waals surface area (Å²) in [7, 11) is -3.03. The van der Waals surface area contributed by atoms with E-state index in [1.54, 1.807) is 0 Å². The number of amides is 1. The fourth-order valence-corrected chi connectivity index (χ4v) is 2.31. The molecule has 1 aliphatic heterocycles. The Labute approximate surface area is 108 Å². The van der Waals surface area contributed by atoms with E-state index in [0.29, 0.717) is 13.2 Å². The first-order chi connectivity index (χ1) is 8.44. The van der Waals surface area contributed by atoms with Crippen LogP contribution in [0.2, 0.25) is 0 Å². The Bertz CT molecular complexity index is 369. The lowest BCUT2D eigenvalue weighted by Crippen LogP contribution is -2.45. The van der Waals surface area contributed by atoms with Crippen LogP contribution >= 0.6 is 0 Å². The van der Waals surface area contributed by atoms with Gasteiger partial charge in [0.05, 0.1) is 24.9 Å². The number of nitrogens with one attached hydrogen (secondary N) is 2. The predicted octanol–water partition coefficient (Wildman–Crippen LogP) is -0.838. The highest BCUT2D eigenvalue weighted by molar-refractivity contribution is 7.90. The second-order valence-corrected chi connectivity index (χ2v) is 6.89. The molecule has 1 saturated heterocycles. The molecule has 0 spiro atoms. The van der Waals surface area contributed by atoms with Gasteiger partial charge in [-0.2, -0.15) is 0 Å². The topological polar surface area (TPSA) is 84.5 Å². The van der Waals surface area contributed by atoms with Crippen LogP contribution in [0.1, 0.15) is 13.3 Å². The van der Waals surface area contributed by atoms with Crippen LogP contribution in [-0.2, 0) is 19.4 Å². The van der Waals surface area contributed by atoms with Gasteiger partial charge in [-0.15, -0.1) is 0 Å². The summed E-state index contributed by atoms with van der Waals surface area (Å²) in [6.07, 6.45) is 2.16. The Hall–Kier alpha value is -0.660. The summed E-state index contributed by atoms with van der Waals surface area (Å²) in [6.45, 7) is 4.00. The lowest BCUT2D eigenvalue weighted by molar-refractivity contribution is -0.125. The SMILES string of the molecule is CCCNC1COCC1C(=O)NCCS(C)(=O)=O. The second kappa shape index (κ2) is 7.06. The molecule has 2 unspecified atom stereocenters. The molecule has 0 radical (unpaired) electrons. The summed E-state index contributed by atoms with van der Waals surface area (Å²) in [5.74, 6) is -0.389. The quantitative estimate of drug-likeness (QED) is 0.634. The number of hydrogen-bond acceptors (Lipinski definition) is 5. The maximum absolute atomic E-state index is 11.9. The van der Waals surface area contributed by atoms with E-state index in [0.717, 1.165) is 19.2 Å². The van der Waals surface area contributed by atoms with Crippen molar-refractivity contribution in [2.24, 2.45) is 5.92 Å². The third-order valence-corrected chi connectivity index (χ3v) is 3.79. The maximum atomic E-state index is 11.9. The first-order valence-corrected chi connectivity index (χ1v) is 8.26. The molecule has 7 heteroatoms. The zero-order chi connectivity index (χ0) is 13.6. The first-order valence-electron chi connectivity index (χ1n) is 6.20. The van der Waals surface area contributed by atoms with Gasteiger partial charge in [-0.1, -0.05) is 6.92 Å². The third kappa shape index (κ3) is 5.32. The molecular weight excluding hydrogens is 256 g/mol. The van der Waals surface area contributed by atoms with E-state index in [9.17, 15) is 13.2 Å². The molecule has 106 valence electrons. The average molecular weight is 278 g/mol. The van der Waals surface area contributed by atoms with Gasteiger partial charge < -0.3 is 15.4 Å². The average Bonchev–Trinajstić information content (AvgIpc) is 2.72. The summed E-state index contributed by atoms with van der Waals surface area (Å²) in [6, 6.07) is 0.0307. The van der Waals surface area contributed by atoms with E-state index in [1.165, 1.54) is 0 Å². The Kier molecular flexibility index (Phi) is 6.04. The molecular formula is C11H22N2O4S. The van der Waals surface area contributed by atoms with E-state index >= 15 is 0 Å². The van der Waals surface area contributed by atoms with E-state index < -0.39 is 9.84 Å². The maximum Gasteiger partial charge on any atom is 0.227 e. The molecule has 1 fully saturated rings. The minimum atomic E-state index is -3.03. The summed E-state index contributed by atoms with van der Waals surface area (Å²) in [4.78, 5) is 11.9. The lowest BCUT2D eigenvalue weighted by Gasteiger charge is -2.18. The third-order valence-electron chi connectivity index (χ3n) is 2.85. The van der Waals surface area contributed by atoms with E-state index in [-0.39, 0.29) is 30.2 Å². The molecule has 1 amide bonds. The van der Waals surface area contributed by atoms with Crippen molar-refractivity contribution >= 4 is 15.7 Å². The number of ether oxygens (including phenoxy) is 1. The zero-order valence-electron chi connectivity index (χ0n) is 10.9. The van der Waals surface area contributed by atoms with Crippen molar-refractivity contribution in [1.29, 1.82) is 0 Å². The standard InChI is InChI=1S/C11H22N2O4S/c1-3-4-12-10-8-17-7-9(10)11(14)13-5-6-18(2,15)16/h9-10,12H,3-8H2,1-2H3,(H,13,14). The van der Waals surface area contributed by atoms with Crippen molar-refractivity contribution in [2.45, 2.75) is 19.4 Å². The fourth-order valence-electron chi connectivity index (χ4n) is 1.83. The molecule has 2 N–H and O–H groups in total. The number of sulfone groups is 1. The van der Waals surface area contributed by atoms with Gasteiger partial charge in [0.25, 0.3) is 0 Å². The van der Waals surface area contributed by atoms with Crippen molar-refractivity contribution in [3.8, 4) is 0 Å². The van der Waals surface area contributed by atoms with Gasteiger partial charge in [-0.25, -0.2) is 8.42 Å². The molecule has 0 aromatic rings. The van der Waals surface area contributed by atoms with Crippen LogP contribution in [0, 0.1) is 5.92 Å². The summed E-state index contributed by atoms with van der Waals surface area (Å²) in [5, 5.41) is 5.91. The smallest absolute Gasteiger partial charge is 0.227 e. The van der Waals surface area contributed by atoms with Gasteiger partial charge in [0.2, 0.25) is 5.91 Å². The Balaban J connectivity index is 2.35. The minimum absolute atomic E-state index is 0.0284. The molecule has 0 aromatic heterocycles. The van der Waals surface area contributed by atoms with Crippen LogP contribution in [0.5, 0.6) is 0 Å². The van der Waals surface area contributed by atoms with Gasteiger partial charge >= 0.3 is 0 Å². The van der Waals surface area contributed by atoms with Crippen LogP contribution in [0.25, 0.3) is 0 Å². The molecule has 0 bridgehead atoms. The van der Waals surface area contributed by atoms with Crippen LogP contribution in [0.3, 0.4) is 0 Å². The Morgan fingerprint density at radius 3 is 2.67 bits per heavy atom. The van der Waals surface area contributed by atoms with Crippen molar-refractivity contribution < 1.29 is 17.9 Å². The van der Waals surface area contributed by atoms with E-state index in [4.69, 9.17) is 4.74 Å². The Morgan fingerprint density at radius 1 is 1.33 bits per heavy atom. The van der Waals surface area contributed by atoms with Crippen molar-refractivity contribution in [3.05, 3.63) is 0 Å². The molecule has 1 rings (SSSR count). The van der Waals surface area contributed by atoms with E-state index in [1.807, 2.05) is 0 Å². The van der Waals surface area contributed by atoms with Crippen LogP contribution in [0.4, 0.5) is 0 Å². The summed E-state index contributed by atoms with van der Waals surface area (Å²) in [5.41, 5.74) is 0. The number of rotatable bonds is 7. The van der Waals surface area contributed by atoms with Crippen LogP contribution < -0.4 is 10.6 Å². The summed E-state index contributed by atoms with van der Waals surface area (Å²) < 4.78 is 27.2. The van der Waals surface area contributed by atoms with Gasteiger partial charge in [0, 0.05) is 18.8 Å². The lowest BCUT2D eigenvalue weighted by atomic mass is 10.0. The molecule has 1 aliphatic rings. The Morgan fingerprint density at radius 2 is 2.06 bits per heavy atom. The highest BCUT2D eigenvalue weighted by Gasteiger charge is 2.33. The van der Waals surface area contributed by atoms with Crippen LogP contribution in [-0.4, -0.2) is 58.7 Å². The van der Waals surface area contributed by atoms with Gasteiger partial charge in [0.15, 0.2) is 0 Å². The van der Waals surface area contributed by atoms with Gasteiger partial charge in [0.1, 0.15) is 9.84 Å². The predicted molar refractivity (Wildman–Crippen MR) is 69.1 cm³/mol. The monoisotopic (exact) mass is 278 g/mol. The largest absolute Gasteiger partial charge is 0.379 e. The molecule has 6 nitrogen and oxygen atoms in total. The molecule has 18 heavy (non-hydrogen) atoms. The van der Waals surface area contributed by atoms with Gasteiger partial charge in [-0.05, 0) is 13.0 Å².